The van der Waals surface area contributed by atoms with E-state index in [0.29, 0.717) is 13.2 Å². The molecule has 0 aromatic heterocycles. The van der Waals surface area contributed by atoms with Crippen LogP contribution in [-0.4, -0.2) is 12.6 Å². The smallest absolute Gasteiger partial charge is 0.416 e. The van der Waals surface area contributed by atoms with Gasteiger partial charge >= 0.3 is 12.2 Å². The number of anilines is 1. The highest BCUT2D eigenvalue weighted by molar-refractivity contribution is 5.89. The fourth-order valence-corrected chi connectivity index (χ4v) is 1.97. The molecule has 0 aliphatic carbocycles. The number of halogens is 3. The van der Waals surface area contributed by atoms with Gasteiger partial charge in [0.2, 0.25) is 0 Å². The standard InChI is InChI=1S/C17H17F3N2O2/c1-2-24-15-9-3-12(4-10-15)11-21-16(23)22-14-7-5-13(6-8-14)17(18,19)20/h3-10H,2,11H2,1H3,(H2,21,22,23). The van der Waals surface area contributed by atoms with Crippen LogP contribution in [0, 0.1) is 0 Å². The van der Waals surface area contributed by atoms with E-state index in [1.165, 1.54) is 12.1 Å². The van der Waals surface area contributed by atoms with Crippen molar-refractivity contribution in [1.82, 2.24) is 5.32 Å². The number of carbonyl (C=O) groups is 1. The number of alkyl halides is 3. The lowest BCUT2D eigenvalue weighted by molar-refractivity contribution is -0.137. The van der Waals surface area contributed by atoms with E-state index in [0.717, 1.165) is 23.4 Å². The molecular formula is C17H17F3N2O2. The van der Waals surface area contributed by atoms with Crippen molar-refractivity contribution in [3.63, 3.8) is 0 Å². The minimum atomic E-state index is -4.39. The van der Waals surface area contributed by atoms with E-state index in [1.807, 2.05) is 19.1 Å². The lowest BCUT2D eigenvalue weighted by atomic mass is 10.2. The second kappa shape index (κ2) is 7.72. The summed E-state index contributed by atoms with van der Waals surface area (Å²) in [5, 5.41) is 5.11. The van der Waals surface area contributed by atoms with Crippen LogP contribution in [0.4, 0.5) is 23.7 Å². The second-order valence-electron chi connectivity index (χ2n) is 4.96. The van der Waals surface area contributed by atoms with Crippen LogP contribution in [0.5, 0.6) is 5.75 Å². The first-order chi connectivity index (χ1) is 11.4. The van der Waals surface area contributed by atoms with E-state index in [-0.39, 0.29) is 5.69 Å². The Morgan fingerprint density at radius 1 is 1.04 bits per heavy atom. The molecule has 0 spiro atoms. The summed E-state index contributed by atoms with van der Waals surface area (Å²) in [4.78, 5) is 11.8. The third-order valence-corrected chi connectivity index (χ3v) is 3.16. The summed E-state index contributed by atoms with van der Waals surface area (Å²) < 4.78 is 42.7. The first kappa shape index (κ1) is 17.7. The SMILES string of the molecule is CCOc1ccc(CNC(=O)Nc2ccc(C(F)(F)F)cc2)cc1. The molecule has 2 aromatic carbocycles. The van der Waals surface area contributed by atoms with E-state index >= 15 is 0 Å². The van der Waals surface area contributed by atoms with Gasteiger partial charge in [-0.3, -0.25) is 0 Å². The van der Waals surface area contributed by atoms with E-state index in [4.69, 9.17) is 4.74 Å². The van der Waals surface area contributed by atoms with Crippen molar-refractivity contribution in [2.24, 2.45) is 0 Å². The molecule has 7 heteroatoms. The minimum absolute atomic E-state index is 0.284. The third-order valence-electron chi connectivity index (χ3n) is 3.16. The van der Waals surface area contributed by atoms with Gasteiger partial charge in [0, 0.05) is 12.2 Å². The average molecular weight is 338 g/mol. The molecule has 0 saturated carbocycles. The largest absolute Gasteiger partial charge is 0.494 e. The fraction of sp³-hybridized carbons (Fsp3) is 0.235. The number of hydrogen-bond donors (Lipinski definition) is 2. The molecule has 2 N–H and O–H groups in total. The average Bonchev–Trinajstić information content (AvgIpc) is 2.54. The molecule has 0 atom stereocenters. The topological polar surface area (TPSA) is 50.4 Å². The summed E-state index contributed by atoms with van der Waals surface area (Å²) >= 11 is 0. The Labute approximate surface area is 137 Å². The maximum absolute atomic E-state index is 12.5. The Kier molecular flexibility index (Phi) is 5.68. The number of ether oxygens (including phenoxy) is 1. The fourth-order valence-electron chi connectivity index (χ4n) is 1.97. The lowest BCUT2D eigenvalue weighted by Gasteiger charge is -2.10. The second-order valence-corrected chi connectivity index (χ2v) is 4.96. The molecule has 0 fully saturated rings. The van der Waals surface area contributed by atoms with Crippen molar-refractivity contribution in [3.05, 3.63) is 59.7 Å². The Morgan fingerprint density at radius 3 is 2.21 bits per heavy atom. The van der Waals surface area contributed by atoms with E-state index < -0.39 is 17.8 Å². The van der Waals surface area contributed by atoms with Crippen molar-refractivity contribution in [1.29, 1.82) is 0 Å². The third kappa shape index (κ3) is 5.19. The summed E-state index contributed by atoms with van der Waals surface area (Å²) in [7, 11) is 0. The van der Waals surface area contributed by atoms with Crippen molar-refractivity contribution < 1.29 is 22.7 Å². The van der Waals surface area contributed by atoms with Crippen LogP contribution >= 0.6 is 0 Å². The summed E-state index contributed by atoms with van der Waals surface area (Å²) in [5.74, 6) is 0.746. The van der Waals surface area contributed by atoms with Gasteiger partial charge in [0.25, 0.3) is 0 Å². The van der Waals surface area contributed by atoms with Gasteiger partial charge in [-0.05, 0) is 48.9 Å². The molecule has 0 aliphatic heterocycles. The van der Waals surface area contributed by atoms with Gasteiger partial charge in [-0.25, -0.2) is 4.79 Å². The molecule has 0 radical (unpaired) electrons. The van der Waals surface area contributed by atoms with E-state index in [2.05, 4.69) is 10.6 Å². The van der Waals surface area contributed by atoms with Crippen molar-refractivity contribution >= 4 is 11.7 Å². The number of rotatable bonds is 5. The number of hydrogen-bond acceptors (Lipinski definition) is 2. The molecule has 0 bridgehead atoms. The maximum Gasteiger partial charge on any atom is 0.416 e. The molecule has 128 valence electrons. The van der Waals surface area contributed by atoms with Gasteiger partial charge in [0.15, 0.2) is 0 Å². The van der Waals surface area contributed by atoms with Gasteiger partial charge in [0.1, 0.15) is 5.75 Å². The van der Waals surface area contributed by atoms with Crippen LogP contribution in [0.1, 0.15) is 18.1 Å². The molecule has 2 aromatic rings. The van der Waals surface area contributed by atoms with Crippen LogP contribution in [0.2, 0.25) is 0 Å². The predicted molar refractivity (Wildman–Crippen MR) is 84.9 cm³/mol. The lowest BCUT2D eigenvalue weighted by Crippen LogP contribution is -2.28. The Hall–Kier alpha value is -2.70. The number of amides is 2. The molecule has 0 heterocycles. The van der Waals surface area contributed by atoms with Gasteiger partial charge in [-0.2, -0.15) is 13.2 Å². The van der Waals surface area contributed by atoms with Gasteiger partial charge < -0.3 is 15.4 Å². The summed E-state index contributed by atoms with van der Waals surface area (Å²) in [5.41, 5.74) is 0.399. The summed E-state index contributed by atoms with van der Waals surface area (Å²) in [6.45, 7) is 2.76. The van der Waals surface area contributed by atoms with E-state index in [1.54, 1.807) is 12.1 Å². The van der Waals surface area contributed by atoms with Gasteiger partial charge in [0.05, 0.1) is 12.2 Å². The first-order valence-electron chi connectivity index (χ1n) is 7.32. The van der Waals surface area contributed by atoms with Crippen LogP contribution in [0.3, 0.4) is 0 Å². The van der Waals surface area contributed by atoms with Crippen molar-refractivity contribution in [2.75, 3.05) is 11.9 Å². The van der Waals surface area contributed by atoms with Crippen LogP contribution in [0.15, 0.2) is 48.5 Å². The summed E-state index contributed by atoms with van der Waals surface area (Å²) in [6.07, 6.45) is -4.39. The summed E-state index contributed by atoms with van der Waals surface area (Å²) in [6, 6.07) is 11.0. The number of benzene rings is 2. The quantitative estimate of drug-likeness (QED) is 0.847. The molecule has 4 nitrogen and oxygen atoms in total. The molecule has 0 saturated heterocycles. The highest BCUT2D eigenvalue weighted by atomic mass is 19.4. The highest BCUT2D eigenvalue weighted by Crippen LogP contribution is 2.29. The number of carbonyl (C=O) groups excluding carboxylic acids is 1. The minimum Gasteiger partial charge on any atom is -0.494 e. The van der Waals surface area contributed by atoms with Crippen molar-refractivity contribution in [2.45, 2.75) is 19.6 Å². The maximum atomic E-state index is 12.5. The molecule has 2 amide bonds. The van der Waals surface area contributed by atoms with Crippen LogP contribution in [-0.2, 0) is 12.7 Å². The molecule has 0 unspecified atom stereocenters. The first-order valence-corrected chi connectivity index (χ1v) is 7.32. The highest BCUT2D eigenvalue weighted by Gasteiger charge is 2.29. The van der Waals surface area contributed by atoms with Gasteiger partial charge in [-0.1, -0.05) is 12.1 Å². The normalized spacial score (nSPS) is 11.0. The Bertz CT molecular complexity index is 668. The van der Waals surface area contributed by atoms with E-state index in [9.17, 15) is 18.0 Å². The van der Waals surface area contributed by atoms with Crippen molar-refractivity contribution in [3.8, 4) is 5.75 Å². The molecule has 0 aliphatic rings. The number of urea groups is 1. The van der Waals surface area contributed by atoms with Gasteiger partial charge in [-0.15, -0.1) is 0 Å². The Morgan fingerprint density at radius 2 is 1.67 bits per heavy atom. The Balaban J connectivity index is 1.84. The van der Waals surface area contributed by atoms with Crippen LogP contribution < -0.4 is 15.4 Å². The predicted octanol–water partition coefficient (Wildman–Crippen LogP) is 4.43. The monoisotopic (exact) mass is 338 g/mol. The molecule has 24 heavy (non-hydrogen) atoms. The molecular weight excluding hydrogens is 321 g/mol. The zero-order chi connectivity index (χ0) is 17.6. The zero-order valence-electron chi connectivity index (χ0n) is 13.0. The zero-order valence-corrected chi connectivity index (χ0v) is 13.0. The van der Waals surface area contributed by atoms with Crippen LogP contribution in [0.25, 0.3) is 0 Å². The molecule has 2 rings (SSSR count). The number of nitrogens with one attached hydrogen (secondary N) is 2.